The molecule has 0 radical (unpaired) electrons. The zero-order chi connectivity index (χ0) is 13.0. The van der Waals surface area contributed by atoms with E-state index >= 15 is 0 Å². The average Bonchev–Trinajstić information content (AvgIpc) is 2.92. The Balaban J connectivity index is 1.80. The molecule has 1 saturated heterocycles. The molecule has 0 aromatic carbocycles. The normalized spacial score (nSPS) is 16.4. The summed E-state index contributed by atoms with van der Waals surface area (Å²) in [6.45, 7) is 1.80. The Morgan fingerprint density at radius 3 is 2.78 bits per heavy atom. The van der Waals surface area contributed by atoms with Gasteiger partial charge in [-0.05, 0) is 36.5 Å². The van der Waals surface area contributed by atoms with Crippen LogP contribution in [0, 0.1) is 0 Å². The fourth-order valence-corrected chi connectivity index (χ4v) is 2.86. The summed E-state index contributed by atoms with van der Waals surface area (Å²) in [7, 11) is 1.84. The predicted octanol–water partition coefficient (Wildman–Crippen LogP) is 1.45. The van der Waals surface area contributed by atoms with E-state index in [1.165, 1.54) is 11.3 Å². The zero-order valence-corrected chi connectivity index (χ0v) is 11.9. The minimum absolute atomic E-state index is 0.0413. The zero-order valence-electron chi connectivity index (χ0n) is 10.3. The summed E-state index contributed by atoms with van der Waals surface area (Å²) in [5.41, 5.74) is 0. The fraction of sp³-hybridized carbons (Fsp3) is 0.500. The molecule has 1 aromatic heterocycles. The summed E-state index contributed by atoms with van der Waals surface area (Å²) < 4.78 is 0. The molecule has 98 valence electrons. The van der Waals surface area contributed by atoms with E-state index in [0.717, 1.165) is 35.9 Å². The van der Waals surface area contributed by atoms with E-state index in [9.17, 15) is 4.79 Å². The highest BCUT2D eigenvalue weighted by Gasteiger charge is 2.22. The number of carbonyl (C=O) groups is 1. The summed E-state index contributed by atoms with van der Waals surface area (Å²) in [5.74, 6) is 0.0413. The number of hydrogen-bond acceptors (Lipinski definition) is 3. The van der Waals surface area contributed by atoms with Crippen LogP contribution in [0.2, 0.25) is 0 Å². The van der Waals surface area contributed by atoms with Crippen molar-refractivity contribution >= 4 is 34.6 Å². The van der Waals surface area contributed by atoms with E-state index in [1.807, 2.05) is 24.6 Å². The molecule has 0 atom stereocenters. The average molecular weight is 283 g/mol. The number of nitrogens with one attached hydrogen (secondary N) is 2. The van der Waals surface area contributed by atoms with Crippen LogP contribution >= 0.6 is 23.6 Å². The van der Waals surface area contributed by atoms with E-state index in [4.69, 9.17) is 12.2 Å². The van der Waals surface area contributed by atoms with Crippen molar-refractivity contribution in [3.63, 3.8) is 0 Å². The van der Waals surface area contributed by atoms with Crippen molar-refractivity contribution in [3.05, 3.63) is 22.4 Å². The van der Waals surface area contributed by atoms with Gasteiger partial charge >= 0.3 is 0 Å². The summed E-state index contributed by atoms with van der Waals surface area (Å²) in [6.07, 6.45) is 1.89. The molecule has 1 fully saturated rings. The van der Waals surface area contributed by atoms with Gasteiger partial charge in [0.15, 0.2) is 5.11 Å². The number of hydrogen-bond donors (Lipinski definition) is 2. The lowest BCUT2D eigenvalue weighted by molar-refractivity contribution is 0.0926. The molecule has 0 saturated carbocycles. The van der Waals surface area contributed by atoms with Crippen molar-refractivity contribution in [2.24, 2.45) is 0 Å². The standard InChI is InChI=1S/C12H17N3OS2/c1-13-12(17)15-6-4-9(5-7-15)14-11(16)10-3-2-8-18-10/h2-3,8-9H,4-7H2,1H3,(H,13,17)(H,14,16). The molecule has 0 spiro atoms. The number of rotatable bonds is 2. The van der Waals surface area contributed by atoms with Crippen LogP contribution in [0.5, 0.6) is 0 Å². The molecule has 1 aromatic rings. The van der Waals surface area contributed by atoms with Crippen molar-refractivity contribution < 1.29 is 4.79 Å². The van der Waals surface area contributed by atoms with Crippen LogP contribution in [0.25, 0.3) is 0 Å². The van der Waals surface area contributed by atoms with Crippen molar-refractivity contribution in [2.75, 3.05) is 20.1 Å². The molecule has 2 N–H and O–H groups in total. The third-order valence-corrected chi connectivity index (χ3v) is 4.41. The Kier molecular flexibility index (Phi) is 4.54. The number of likely N-dealkylation sites (tertiary alicyclic amines) is 1. The number of thiophene rings is 1. The largest absolute Gasteiger partial charge is 0.366 e. The minimum Gasteiger partial charge on any atom is -0.366 e. The van der Waals surface area contributed by atoms with E-state index in [1.54, 1.807) is 0 Å². The van der Waals surface area contributed by atoms with Gasteiger partial charge in [0.1, 0.15) is 0 Å². The van der Waals surface area contributed by atoms with Gasteiger partial charge in [0.2, 0.25) is 0 Å². The van der Waals surface area contributed by atoms with Crippen LogP contribution in [0.15, 0.2) is 17.5 Å². The third kappa shape index (κ3) is 3.20. The number of thiocarbonyl (C=S) groups is 1. The van der Waals surface area contributed by atoms with Crippen LogP contribution in [-0.4, -0.2) is 42.1 Å². The molecule has 18 heavy (non-hydrogen) atoms. The molecular formula is C12H17N3OS2. The Hall–Kier alpha value is -1.14. The van der Waals surface area contributed by atoms with E-state index < -0.39 is 0 Å². The molecule has 1 aliphatic rings. The molecule has 4 nitrogen and oxygen atoms in total. The lowest BCUT2D eigenvalue weighted by atomic mass is 10.1. The van der Waals surface area contributed by atoms with Crippen LogP contribution in [0.4, 0.5) is 0 Å². The van der Waals surface area contributed by atoms with Gasteiger partial charge in [-0.1, -0.05) is 6.07 Å². The van der Waals surface area contributed by atoms with E-state index in [-0.39, 0.29) is 11.9 Å². The van der Waals surface area contributed by atoms with Crippen LogP contribution in [0.1, 0.15) is 22.5 Å². The highest BCUT2D eigenvalue weighted by molar-refractivity contribution is 7.80. The molecular weight excluding hydrogens is 266 g/mol. The smallest absolute Gasteiger partial charge is 0.261 e. The third-order valence-electron chi connectivity index (χ3n) is 3.08. The molecule has 1 amide bonds. The monoisotopic (exact) mass is 283 g/mol. The molecule has 2 heterocycles. The van der Waals surface area contributed by atoms with Gasteiger partial charge < -0.3 is 15.5 Å². The maximum Gasteiger partial charge on any atom is 0.261 e. The Morgan fingerprint density at radius 1 is 1.50 bits per heavy atom. The van der Waals surface area contributed by atoms with Crippen molar-refractivity contribution in [1.29, 1.82) is 0 Å². The van der Waals surface area contributed by atoms with E-state index in [2.05, 4.69) is 15.5 Å². The van der Waals surface area contributed by atoms with E-state index in [0.29, 0.717) is 0 Å². The summed E-state index contributed by atoms with van der Waals surface area (Å²) >= 11 is 6.67. The van der Waals surface area contributed by atoms with Gasteiger partial charge in [-0.2, -0.15) is 0 Å². The van der Waals surface area contributed by atoms with Crippen LogP contribution in [-0.2, 0) is 0 Å². The summed E-state index contributed by atoms with van der Waals surface area (Å²) in [4.78, 5) is 14.8. The van der Waals surface area contributed by atoms with Crippen LogP contribution < -0.4 is 10.6 Å². The second kappa shape index (κ2) is 6.15. The lowest BCUT2D eigenvalue weighted by Gasteiger charge is -2.33. The first-order chi connectivity index (χ1) is 8.70. The Bertz CT molecular complexity index is 411. The molecule has 1 aliphatic heterocycles. The Morgan fingerprint density at radius 2 is 2.22 bits per heavy atom. The Labute approximate surface area is 116 Å². The second-order valence-corrected chi connectivity index (χ2v) is 5.60. The molecule has 2 rings (SSSR count). The first kappa shape index (κ1) is 13.3. The maximum atomic E-state index is 11.9. The number of amides is 1. The number of piperidine rings is 1. The van der Waals surface area contributed by atoms with Gasteiger partial charge in [0.25, 0.3) is 5.91 Å². The summed E-state index contributed by atoms with van der Waals surface area (Å²) in [6, 6.07) is 4.01. The first-order valence-electron chi connectivity index (χ1n) is 6.01. The van der Waals surface area contributed by atoms with Gasteiger partial charge in [0.05, 0.1) is 4.88 Å². The highest BCUT2D eigenvalue weighted by atomic mass is 32.1. The highest BCUT2D eigenvalue weighted by Crippen LogP contribution is 2.13. The van der Waals surface area contributed by atoms with Gasteiger partial charge in [-0.3, -0.25) is 4.79 Å². The first-order valence-corrected chi connectivity index (χ1v) is 7.30. The number of nitrogens with zero attached hydrogens (tertiary/aromatic N) is 1. The number of carbonyl (C=O) groups excluding carboxylic acids is 1. The molecule has 0 unspecified atom stereocenters. The SMILES string of the molecule is CNC(=S)N1CCC(NC(=O)c2cccs2)CC1. The maximum absolute atomic E-state index is 11.9. The fourth-order valence-electron chi connectivity index (χ4n) is 2.05. The predicted molar refractivity (Wildman–Crippen MR) is 78.0 cm³/mol. The molecule has 6 heteroatoms. The van der Waals surface area contributed by atoms with Crippen molar-refractivity contribution in [3.8, 4) is 0 Å². The summed E-state index contributed by atoms with van der Waals surface area (Å²) in [5, 5.41) is 8.77. The minimum atomic E-state index is 0.0413. The van der Waals surface area contributed by atoms with Gasteiger partial charge in [0, 0.05) is 26.2 Å². The van der Waals surface area contributed by atoms with Crippen LogP contribution in [0.3, 0.4) is 0 Å². The van der Waals surface area contributed by atoms with Crippen molar-refractivity contribution in [2.45, 2.75) is 18.9 Å². The molecule has 0 bridgehead atoms. The second-order valence-electron chi connectivity index (χ2n) is 4.27. The molecule has 0 aliphatic carbocycles. The van der Waals surface area contributed by atoms with Gasteiger partial charge in [-0.25, -0.2) is 0 Å². The topological polar surface area (TPSA) is 44.4 Å². The van der Waals surface area contributed by atoms with Crippen molar-refractivity contribution in [1.82, 2.24) is 15.5 Å². The van der Waals surface area contributed by atoms with Gasteiger partial charge in [-0.15, -0.1) is 11.3 Å². The quantitative estimate of drug-likeness (QED) is 0.806. The lowest BCUT2D eigenvalue weighted by Crippen LogP contribution is -2.48.